The van der Waals surface area contributed by atoms with Crippen LogP contribution in [0.25, 0.3) is 0 Å². The Balaban J connectivity index is 1.99. The Morgan fingerprint density at radius 3 is 2.88 bits per heavy atom. The minimum absolute atomic E-state index is 0.0587. The van der Waals surface area contributed by atoms with Crippen LogP contribution in [-0.2, 0) is 0 Å². The van der Waals surface area contributed by atoms with Gasteiger partial charge < -0.3 is 10.2 Å². The van der Waals surface area contributed by atoms with Gasteiger partial charge in [-0.2, -0.15) is 0 Å². The molecule has 92 valence electrons. The lowest BCUT2D eigenvalue weighted by atomic mass is 10.0. The molecule has 1 saturated heterocycles. The summed E-state index contributed by atoms with van der Waals surface area (Å²) in [5, 5.41) is 3.13. The van der Waals surface area contributed by atoms with E-state index in [4.69, 9.17) is 0 Å². The van der Waals surface area contributed by atoms with Crippen molar-refractivity contribution in [2.75, 3.05) is 20.1 Å². The Bertz CT molecular complexity index is 403. The zero-order valence-electron chi connectivity index (χ0n) is 10.6. The lowest BCUT2D eigenvalue weighted by Crippen LogP contribution is -2.46. The molecule has 3 heteroatoms. The third kappa shape index (κ3) is 3.07. The van der Waals surface area contributed by atoms with Crippen molar-refractivity contribution in [1.29, 1.82) is 0 Å². The summed E-state index contributed by atoms with van der Waals surface area (Å²) in [6.07, 6.45) is 2.25. The molecule has 17 heavy (non-hydrogen) atoms. The number of hydrogen-bond donors (Lipinski definition) is 1. The summed E-state index contributed by atoms with van der Waals surface area (Å²) in [6, 6.07) is 8.02. The molecule has 0 aromatic heterocycles. The van der Waals surface area contributed by atoms with E-state index in [2.05, 4.69) is 17.3 Å². The number of carbonyl (C=O) groups excluding carboxylic acids is 1. The zero-order chi connectivity index (χ0) is 12.3. The Labute approximate surface area is 103 Å². The Morgan fingerprint density at radius 2 is 2.18 bits per heavy atom. The van der Waals surface area contributed by atoms with Crippen LogP contribution < -0.4 is 5.32 Å². The minimum atomic E-state index is 0.0587. The van der Waals surface area contributed by atoms with Gasteiger partial charge in [0.1, 0.15) is 0 Å². The first-order valence-corrected chi connectivity index (χ1v) is 6.22. The van der Waals surface area contributed by atoms with Crippen molar-refractivity contribution in [2.24, 2.45) is 0 Å². The molecule has 1 aliphatic rings. The molecular formula is C14H20N2O. The molecule has 1 fully saturated rings. The van der Waals surface area contributed by atoms with Gasteiger partial charge in [-0.1, -0.05) is 18.2 Å². The molecular weight excluding hydrogens is 212 g/mol. The summed E-state index contributed by atoms with van der Waals surface area (Å²) < 4.78 is 0. The number of amides is 1. The predicted octanol–water partition coefficient (Wildman–Crippen LogP) is 1.82. The maximum absolute atomic E-state index is 12.1. The molecule has 1 amide bonds. The van der Waals surface area contributed by atoms with Gasteiger partial charge >= 0.3 is 0 Å². The van der Waals surface area contributed by atoms with Crippen LogP contribution in [-0.4, -0.2) is 37.0 Å². The van der Waals surface area contributed by atoms with Gasteiger partial charge in [0, 0.05) is 18.2 Å². The van der Waals surface area contributed by atoms with Crippen molar-refractivity contribution in [3.63, 3.8) is 0 Å². The molecule has 2 rings (SSSR count). The topological polar surface area (TPSA) is 32.3 Å². The van der Waals surface area contributed by atoms with Gasteiger partial charge in [0.15, 0.2) is 0 Å². The second-order valence-corrected chi connectivity index (χ2v) is 4.89. The second-order valence-electron chi connectivity index (χ2n) is 4.89. The lowest BCUT2D eigenvalue weighted by Gasteiger charge is -2.30. The number of nitrogens with one attached hydrogen (secondary N) is 1. The fraction of sp³-hybridized carbons (Fsp3) is 0.500. The van der Waals surface area contributed by atoms with Crippen LogP contribution in [0.3, 0.4) is 0 Å². The molecule has 1 N–H and O–H groups in total. The van der Waals surface area contributed by atoms with Gasteiger partial charge in [-0.15, -0.1) is 0 Å². The molecule has 0 aliphatic carbocycles. The third-order valence-electron chi connectivity index (χ3n) is 3.35. The molecule has 0 bridgehead atoms. The molecule has 1 aromatic rings. The standard InChI is InChI=1S/C14H20N2O/c1-11-6-3-4-8-13(11)14(17)15-12-7-5-9-16(2)10-12/h3-4,6,8,12H,5,7,9-10H2,1-2H3,(H,15,17). The van der Waals surface area contributed by atoms with Gasteiger partial charge in [0.05, 0.1) is 0 Å². The average Bonchev–Trinajstić information content (AvgIpc) is 2.29. The Morgan fingerprint density at radius 1 is 1.41 bits per heavy atom. The monoisotopic (exact) mass is 232 g/mol. The van der Waals surface area contributed by atoms with Crippen LogP contribution >= 0.6 is 0 Å². The average molecular weight is 232 g/mol. The van der Waals surface area contributed by atoms with Gasteiger partial charge in [0.2, 0.25) is 0 Å². The number of rotatable bonds is 2. The molecule has 1 aliphatic heterocycles. The number of aryl methyl sites for hydroxylation is 1. The number of carbonyl (C=O) groups is 1. The summed E-state index contributed by atoms with van der Waals surface area (Å²) in [5.41, 5.74) is 1.83. The van der Waals surface area contributed by atoms with E-state index in [0.717, 1.165) is 37.1 Å². The predicted molar refractivity (Wildman–Crippen MR) is 69.2 cm³/mol. The molecule has 1 atom stereocenters. The summed E-state index contributed by atoms with van der Waals surface area (Å²) in [5.74, 6) is 0.0587. The zero-order valence-corrected chi connectivity index (χ0v) is 10.6. The van der Waals surface area contributed by atoms with Crippen LogP contribution in [0.4, 0.5) is 0 Å². The third-order valence-corrected chi connectivity index (χ3v) is 3.35. The smallest absolute Gasteiger partial charge is 0.251 e. The van der Waals surface area contributed by atoms with Gasteiger partial charge in [-0.3, -0.25) is 4.79 Å². The molecule has 0 saturated carbocycles. The van der Waals surface area contributed by atoms with E-state index in [1.165, 1.54) is 0 Å². The number of nitrogens with zero attached hydrogens (tertiary/aromatic N) is 1. The van der Waals surface area contributed by atoms with E-state index in [1.807, 2.05) is 31.2 Å². The maximum Gasteiger partial charge on any atom is 0.251 e. The van der Waals surface area contributed by atoms with Crippen molar-refractivity contribution in [3.05, 3.63) is 35.4 Å². The number of likely N-dealkylation sites (tertiary alicyclic amines) is 1. The summed E-state index contributed by atoms with van der Waals surface area (Å²) in [6.45, 7) is 4.07. The Hall–Kier alpha value is -1.35. The van der Waals surface area contributed by atoms with Crippen LogP contribution in [0.1, 0.15) is 28.8 Å². The SMILES string of the molecule is Cc1ccccc1C(=O)NC1CCCN(C)C1. The summed E-state index contributed by atoms with van der Waals surface area (Å²) in [4.78, 5) is 14.4. The first kappa shape index (κ1) is 12.1. The van der Waals surface area contributed by atoms with E-state index in [0.29, 0.717) is 6.04 Å². The first-order chi connectivity index (χ1) is 8.16. The van der Waals surface area contributed by atoms with E-state index in [1.54, 1.807) is 0 Å². The molecule has 3 nitrogen and oxygen atoms in total. The largest absolute Gasteiger partial charge is 0.348 e. The van der Waals surface area contributed by atoms with Crippen molar-refractivity contribution < 1.29 is 4.79 Å². The van der Waals surface area contributed by atoms with Crippen molar-refractivity contribution in [1.82, 2.24) is 10.2 Å². The maximum atomic E-state index is 12.1. The van der Waals surface area contributed by atoms with Crippen LogP contribution in [0, 0.1) is 6.92 Å². The van der Waals surface area contributed by atoms with Crippen molar-refractivity contribution in [3.8, 4) is 0 Å². The summed E-state index contributed by atoms with van der Waals surface area (Å²) >= 11 is 0. The molecule has 1 unspecified atom stereocenters. The number of piperidine rings is 1. The highest BCUT2D eigenvalue weighted by atomic mass is 16.1. The number of hydrogen-bond acceptors (Lipinski definition) is 2. The number of likely N-dealkylation sites (N-methyl/N-ethyl adjacent to an activating group) is 1. The molecule has 1 aromatic carbocycles. The van der Waals surface area contributed by atoms with E-state index in [-0.39, 0.29) is 5.91 Å². The van der Waals surface area contributed by atoms with Gasteiger partial charge in [-0.25, -0.2) is 0 Å². The molecule has 1 heterocycles. The molecule has 0 radical (unpaired) electrons. The fourth-order valence-corrected chi connectivity index (χ4v) is 2.38. The quantitative estimate of drug-likeness (QED) is 0.843. The minimum Gasteiger partial charge on any atom is -0.348 e. The van der Waals surface area contributed by atoms with Crippen LogP contribution in [0.15, 0.2) is 24.3 Å². The van der Waals surface area contributed by atoms with E-state index < -0.39 is 0 Å². The van der Waals surface area contributed by atoms with Gasteiger partial charge in [0.25, 0.3) is 5.91 Å². The first-order valence-electron chi connectivity index (χ1n) is 6.22. The van der Waals surface area contributed by atoms with Crippen molar-refractivity contribution >= 4 is 5.91 Å². The van der Waals surface area contributed by atoms with Gasteiger partial charge in [-0.05, 0) is 45.0 Å². The van der Waals surface area contributed by atoms with Crippen LogP contribution in [0.5, 0.6) is 0 Å². The number of benzene rings is 1. The second kappa shape index (κ2) is 5.32. The summed E-state index contributed by atoms with van der Waals surface area (Å²) in [7, 11) is 2.10. The van der Waals surface area contributed by atoms with Crippen molar-refractivity contribution in [2.45, 2.75) is 25.8 Å². The highest BCUT2D eigenvalue weighted by Crippen LogP contribution is 2.11. The van der Waals surface area contributed by atoms with E-state index >= 15 is 0 Å². The fourth-order valence-electron chi connectivity index (χ4n) is 2.38. The Kier molecular flexibility index (Phi) is 3.79. The highest BCUT2D eigenvalue weighted by molar-refractivity contribution is 5.95. The lowest BCUT2D eigenvalue weighted by molar-refractivity contribution is 0.0912. The molecule has 0 spiro atoms. The normalized spacial score (nSPS) is 21.2. The highest BCUT2D eigenvalue weighted by Gasteiger charge is 2.19. The van der Waals surface area contributed by atoms with Crippen LogP contribution in [0.2, 0.25) is 0 Å². The van der Waals surface area contributed by atoms with E-state index in [9.17, 15) is 4.79 Å².